The number of benzene rings is 1. The number of amides is 1. The maximum atomic E-state index is 11.5. The van der Waals surface area contributed by atoms with Crippen molar-refractivity contribution in [2.24, 2.45) is 0 Å². The normalized spacial score (nSPS) is 14.3. The number of nitrogens with one attached hydrogen (secondary N) is 2. The molecule has 2 heterocycles. The Labute approximate surface area is 92.2 Å². The minimum Gasteiger partial charge on any atom is -0.322 e. The Balaban J connectivity index is 2.55. The molecule has 0 unspecified atom stereocenters. The predicted molar refractivity (Wildman–Crippen MR) is 58.9 cm³/mol. The summed E-state index contributed by atoms with van der Waals surface area (Å²) < 4.78 is 2.21. The highest BCUT2D eigenvalue weighted by Crippen LogP contribution is 2.32. The number of halogens is 1. The second-order valence-corrected chi connectivity index (χ2v) is 4.24. The summed E-state index contributed by atoms with van der Waals surface area (Å²) in [4.78, 5) is 25.6. The van der Waals surface area contributed by atoms with Crippen LogP contribution in [0.2, 0.25) is 0 Å². The van der Waals surface area contributed by atoms with Gasteiger partial charge in [-0.2, -0.15) is 0 Å². The summed E-state index contributed by atoms with van der Waals surface area (Å²) in [6, 6.07) is 3.60. The van der Waals surface area contributed by atoms with Crippen molar-refractivity contribution >= 4 is 38.6 Å². The van der Waals surface area contributed by atoms with Crippen LogP contribution in [0.25, 0.3) is 11.0 Å². The van der Waals surface area contributed by atoms with Gasteiger partial charge in [0.15, 0.2) is 0 Å². The number of aromatic amines is 1. The number of rotatable bonds is 0. The van der Waals surface area contributed by atoms with Crippen LogP contribution in [0.3, 0.4) is 0 Å². The zero-order valence-electron chi connectivity index (χ0n) is 7.50. The Bertz CT molecular complexity index is 641. The summed E-state index contributed by atoms with van der Waals surface area (Å²) in [7, 11) is 0. The van der Waals surface area contributed by atoms with E-state index >= 15 is 0 Å². The minimum absolute atomic E-state index is 0.0717. The molecule has 6 heteroatoms. The van der Waals surface area contributed by atoms with Crippen molar-refractivity contribution in [1.82, 2.24) is 9.55 Å². The first kappa shape index (κ1) is 8.72. The molecule has 0 atom stereocenters. The average molecular weight is 268 g/mol. The SMILES string of the molecule is O=C1Cn2c(=O)[nH]c3ccc(Br)c(c32)N1. The maximum absolute atomic E-state index is 11.5. The van der Waals surface area contributed by atoms with Crippen LogP contribution in [-0.4, -0.2) is 15.5 Å². The van der Waals surface area contributed by atoms with Crippen molar-refractivity contribution in [3.63, 3.8) is 0 Å². The van der Waals surface area contributed by atoms with Crippen molar-refractivity contribution < 1.29 is 4.79 Å². The average Bonchev–Trinajstić information content (AvgIpc) is 2.51. The zero-order valence-corrected chi connectivity index (χ0v) is 9.09. The predicted octanol–water partition coefficient (Wildman–Crippen LogP) is 1.04. The molecule has 76 valence electrons. The fraction of sp³-hybridized carbons (Fsp3) is 0.111. The largest absolute Gasteiger partial charge is 0.327 e. The van der Waals surface area contributed by atoms with Crippen LogP contribution in [0.15, 0.2) is 21.4 Å². The number of imidazole rings is 1. The molecule has 0 saturated heterocycles. The Kier molecular flexibility index (Phi) is 1.59. The van der Waals surface area contributed by atoms with E-state index in [-0.39, 0.29) is 18.1 Å². The Morgan fingerprint density at radius 3 is 2.93 bits per heavy atom. The van der Waals surface area contributed by atoms with E-state index < -0.39 is 0 Å². The van der Waals surface area contributed by atoms with Gasteiger partial charge in [0.1, 0.15) is 6.54 Å². The van der Waals surface area contributed by atoms with Gasteiger partial charge >= 0.3 is 5.69 Å². The molecule has 2 aromatic rings. The summed E-state index contributed by atoms with van der Waals surface area (Å²) >= 11 is 3.34. The van der Waals surface area contributed by atoms with Crippen LogP contribution in [0, 0.1) is 0 Å². The van der Waals surface area contributed by atoms with E-state index in [1.54, 1.807) is 12.1 Å². The third-order valence-electron chi connectivity index (χ3n) is 2.45. The molecule has 0 radical (unpaired) electrons. The molecule has 0 bridgehead atoms. The van der Waals surface area contributed by atoms with Crippen LogP contribution in [-0.2, 0) is 11.3 Å². The molecule has 1 aromatic heterocycles. The minimum atomic E-state index is -0.251. The van der Waals surface area contributed by atoms with Gasteiger partial charge in [0.2, 0.25) is 5.91 Å². The molecule has 3 rings (SSSR count). The highest BCUT2D eigenvalue weighted by molar-refractivity contribution is 9.10. The topological polar surface area (TPSA) is 66.9 Å². The molecule has 0 aliphatic carbocycles. The summed E-state index contributed by atoms with van der Waals surface area (Å²) in [5.74, 6) is -0.183. The molecule has 5 nitrogen and oxygen atoms in total. The van der Waals surface area contributed by atoms with Crippen molar-refractivity contribution in [3.05, 3.63) is 27.1 Å². The second kappa shape index (κ2) is 2.73. The maximum Gasteiger partial charge on any atom is 0.327 e. The second-order valence-electron chi connectivity index (χ2n) is 3.38. The summed E-state index contributed by atoms with van der Waals surface area (Å²) in [5, 5.41) is 2.74. The molecule has 0 fully saturated rings. The first-order valence-corrected chi connectivity index (χ1v) is 5.17. The first-order chi connectivity index (χ1) is 7.16. The molecule has 1 amide bonds. The molecule has 2 N–H and O–H groups in total. The van der Waals surface area contributed by atoms with Gasteiger partial charge in [-0.05, 0) is 28.1 Å². The number of hydrogen-bond donors (Lipinski definition) is 2. The highest BCUT2D eigenvalue weighted by atomic mass is 79.9. The van der Waals surface area contributed by atoms with Gasteiger partial charge in [0, 0.05) is 4.47 Å². The lowest BCUT2D eigenvalue weighted by atomic mass is 10.2. The van der Waals surface area contributed by atoms with Crippen LogP contribution in [0.4, 0.5) is 5.69 Å². The van der Waals surface area contributed by atoms with Crippen molar-refractivity contribution in [3.8, 4) is 0 Å². The number of aromatic nitrogens is 2. The number of nitrogens with zero attached hydrogens (tertiary/aromatic N) is 1. The van der Waals surface area contributed by atoms with Crippen molar-refractivity contribution in [2.45, 2.75) is 6.54 Å². The van der Waals surface area contributed by atoms with E-state index in [0.29, 0.717) is 5.69 Å². The monoisotopic (exact) mass is 267 g/mol. The lowest BCUT2D eigenvalue weighted by Crippen LogP contribution is -2.29. The standard InChI is InChI=1S/C9H6BrN3O2/c10-4-1-2-5-8-7(4)12-6(14)3-13(8)9(15)11-5/h1-2H,3H2,(H,11,15)(H,12,14). The van der Waals surface area contributed by atoms with Gasteiger partial charge in [0.05, 0.1) is 16.7 Å². The number of H-pyrrole nitrogens is 1. The fourth-order valence-electron chi connectivity index (χ4n) is 1.82. The number of carbonyl (C=O) groups is 1. The third kappa shape index (κ3) is 1.08. The van der Waals surface area contributed by atoms with E-state index in [4.69, 9.17) is 0 Å². The van der Waals surface area contributed by atoms with Gasteiger partial charge in [0.25, 0.3) is 0 Å². The molecule has 15 heavy (non-hydrogen) atoms. The lowest BCUT2D eigenvalue weighted by molar-refractivity contribution is -0.116. The third-order valence-corrected chi connectivity index (χ3v) is 3.11. The molecule has 0 saturated carbocycles. The fourth-order valence-corrected chi connectivity index (χ4v) is 2.24. The molecule has 1 aliphatic rings. The summed E-state index contributed by atoms with van der Waals surface area (Å²) in [6.45, 7) is 0.0717. The molecule has 1 aromatic carbocycles. The highest BCUT2D eigenvalue weighted by Gasteiger charge is 2.21. The van der Waals surface area contributed by atoms with Gasteiger partial charge in [-0.15, -0.1) is 0 Å². The number of carbonyl (C=O) groups excluding carboxylic acids is 1. The van der Waals surface area contributed by atoms with Crippen LogP contribution in [0.1, 0.15) is 0 Å². The van der Waals surface area contributed by atoms with E-state index in [0.717, 1.165) is 15.5 Å². The Morgan fingerprint density at radius 1 is 1.33 bits per heavy atom. The van der Waals surface area contributed by atoms with E-state index in [9.17, 15) is 9.59 Å². The van der Waals surface area contributed by atoms with E-state index in [2.05, 4.69) is 26.2 Å². The Hall–Kier alpha value is -1.56. The molecule has 1 aliphatic heterocycles. The van der Waals surface area contributed by atoms with E-state index in [1.165, 1.54) is 4.57 Å². The lowest BCUT2D eigenvalue weighted by Gasteiger charge is -2.16. The molecular weight excluding hydrogens is 262 g/mol. The Morgan fingerprint density at radius 2 is 2.13 bits per heavy atom. The van der Waals surface area contributed by atoms with Crippen molar-refractivity contribution in [1.29, 1.82) is 0 Å². The van der Waals surface area contributed by atoms with Gasteiger partial charge in [-0.25, -0.2) is 4.79 Å². The summed E-state index contributed by atoms with van der Waals surface area (Å²) in [6.07, 6.45) is 0. The molecule has 0 spiro atoms. The number of hydrogen-bond acceptors (Lipinski definition) is 2. The van der Waals surface area contributed by atoms with Gasteiger partial charge in [-0.1, -0.05) is 0 Å². The van der Waals surface area contributed by atoms with E-state index in [1.807, 2.05) is 0 Å². The van der Waals surface area contributed by atoms with Gasteiger partial charge < -0.3 is 10.3 Å². The van der Waals surface area contributed by atoms with Crippen molar-refractivity contribution in [2.75, 3.05) is 5.32 Å². The van der Waals surface area contributed by atoms with Crippen LogP contribution in [0.5, 0.6) is 0 Å². The smallest absolute Gasteiger partial charge is 0.322 e. The van der Waals surface area contributed by atoms with Crippen LogP contribution < -0.4 is 11.0 Å². The molecular formula is C9H6BrN3O2. The van der Waals surface area contributed by atoms with Gasteiger partial charge in [-0.3, -0.25) is 9.36 Å². The zero-order chi connectivity index (χ0) is 10.6. The first-order valence-electron chi connectivity index (χ1n) is 4.37. The number of anilines is 1. The summed E-state index contributed by atoms with van der Waals surface area (Å²) in [5.41, 5.74) is 1.88. The van der Waals surface area contributed by atoms with Crippen LogP contribution >= 0.6 is 15.9 Å². The quantitative estimate of drug-likeness (QED) is 0.749.